The summed E-state index contributed by atoms with van der Waals surface area (Å²) in [5.74, 6) is -1.17. The van der Waals surface area contributed by atoms with Crippen LogP contribution in [0.15, 0.2) is 41.8 Å². The summed E-state index contributed by atoms with van der Waals surface area (Å²) < 4.78 is 5.02. The standard InChI is InChI=1S/C19H22N2O4S/c1-2-3-4-10-20-17(22)13-25-19(24)14-7-5-8-15(12-14)21-18(23)16-9-6-11-26-16/h5-9,11-12H,2-4,10,13H2,1H3,(H,20,22)(H,21,23). The number of hydrogen-bond donors (Lipinski definition) is 2. The molecule has 0 aliphatic heterocycles. The summed E-state index contributed by atoms with van der Waals surface area (Å²) in [5.41, 5.74) is 0.759. The number of hydrogen-bond acceptors (Lipinski definition) is 5. The molecule has 1 aromatic carbocycles. The van der Waals surface area contributed by atoms with E-state index in [2.05, 4.69) is 17.6 Å². The van der Waals surface area contributed by atoms with Crippen molar-refractivity contribution in [1.82, 2.24) is 5.32 Å². The minimum atomic E-state index is -0.610. The van der Waals surface area contributed by atoms with Gasteiger partial charge >= 0.3 is 5.97 Å². The second-order valence-electron chi connectivity index (χ2n) is 5.65. The predicted octanol–water partition coefficient (Wildman–Crippen LogP) is 3.46. The first-order chi connectivity index (χ1) is 12.6. The predicted molar refractivity (Wildman–Crippen MR) is 102 cm³/mol. The fourth-order valence-electron chi connectivity index (χ4n) is 2.19. The van der Waals surface area contributed by atoms with E-state index in [1.54, 1.807) is 30.3 Å². The van der Waals surface area contributed by atoms with Crippen LogP contribution in [0, 0.1) is 0 Å². The lowest BCUT2D eigenvalue weighted by Gasteiger charge is -2.08. The Hall–Kier alpha value is -2.67. The van der Waals surface area contributed by atoms with E-state index in [0.29, 0.717) is 17.1 Å². The number of benzene rings is 1. The van der Waals surface area contributed by atoms with Crippen molar-refractivity contribution < 1.29 is 19.1 Å². The Morgan fingerprint density at radius 1 is 1.12 bits per heavy atom. The number of anilines is 1. The second-order valence-corrected chi connectivity index (χ2v) is 6.59. The van der Waals surface area contributed by atoms with E-state index < -0.39 is 5.97 Å². The Bertz CT molecular complexity index is 744. The topological polar surface area (TPSA) is 84.5 Å². The van der Waals surface area contributed by atoms with Crippen molar-refractivity contribution in [3.8, 4) is 0 Å². The van der Waals surface area contributed by atoms with E-state index in [1.807, 2.05) is 5.38 Å². The summed E-state index contributed by atoms with van der Waals surface area (Å²) in [5, 5.41) is 7.25. The Kier molecular flexibility index (Phi) is 7.82. The summed E-state index contributed by atoms with van der Waals surface area (Å²) in [6.07, 6.45) is 3.02. The number of ether oxygens (including phenoxy) is 1. The van der Waals surface area contributed by atoms with E-state index in [0.717, 1.165) is 19.3 Å². The normalized spacial score (nSPS) is 10.2. The van der Waals surface area contributed by atoms with Gasteiger partial charge in [-0.15, -0.1) is 11.3 Å². The minimum absolute atomic E-state index is 0.239. The van der Waals surface area contributed by atoms with Crippen LogP contribution in [-0.2, 0) is 9.53 Å². The third kappa shape index (κ3) is 6.33. The number of esters is 1. The number of amides is 2. The molecular formula is C19H22N2O4S. The van der Waals surface area contributed by atoms with Crippen LogP contribution >= 0.6 is 11.3 Å². The molecule has 0 spiro atoms. The van der Waals surface area contributed by atoms with E-state index in [1.165, 1.54) is 17.4 Å². The van der Waals surface area contributed by atoms with Gasteiger partial charge in [-0.05, 0) is 36.1 Å². The van der Waals surface area contributed by atoms with Gasteiger partial charge < -0.3 is 15.4 Å². The summed E-state index contributed by atoms with van der Waals surface area (Å²) in [6, 6.07) is 9.93. The average molecular weight is 374 g/mol. The van der Waals surface area contributed by atoms with Crippen LogP contribution in [0.4, 0.5) is 5.69 Å². The maximum absolute atomic E-state index is 12.1. The molecule has 0 unspecified atom stereocenters. The second kappa shape index (κ2) is 10.4. The number of nitrogens with one attached hydrogen (secondary N) is 2. The Morgan fingerprint density at radius 3 is 2.69 bits per heavy atom. The minimum Gasteiger partial charge on any atom is -0.452 e. The molecule has 0 saturated carbocycles. The molecule has 0 aliphatic rings. The number of carbonyl (C=O) groups is 3. The molecule has 0 aliphatic carbocycles. The van der Waals surface area contributed by atoms with Gasteiger partial charge in [-0.25, -0.2) is 4.79 Å². The molecule has 2 aromatic rings. The largest absolute Gasteiger partial charge is 0.452 e. The summed E-state index contributed by atoms with van der Waals surface area (Å²) in [6.45, 7) is 2.34. The van der Waals surface area contributed by atoms with Crippen LogP contribution in [0.3, 0.4) is 0 Å². The van der Waals surface area contributed by atoms with Gasteiger partial charge in [0.25, 0.3) is 11.8 Å². The van der Waals surface area contributed by atoms with E-state index in [-0.39, 0.29) is 24.0 Å². The fraction of sp³-hybridized carbons (Fsp3) is 0.316. The molecule has 0 radical (unpaired) electrons. The average Bonchev–Trinajstić information content (AvgIpc) is 3.18. The Labute approximate surface area is 156 Å². The van der Waals surface area contributed by atoms with Crippen LogP contribution in [0.5, 0.6) is 0 Å². The fourth-order valence-corrected chi connectivity index (χ4v) is 2.81. The smallest absolute Gasteiger partial charge is 0.338 e. The van der Waals surface area contributed by atoms with Gasteiger partial charge in [-0.2, -0.15) is 0 Å². The van der Waals surface area contributed by atoms with Crippen LogP contribution in [0.2, 0.25) is 0 Å². The number of thiophene rings is 1. The molecule has 0 atom stereocenters. The van der Waals surface area contributed by atoms with E-state index in [4.69, 9.17) is 4.74 Å². The summed E-state index contributed by atoms with van der Waals surface area (Å²) in [7, 11) is 0. The zero-order valence-corrected chi connectivity index (χ0v) is 15.4. The molecule has 26 heavy (non-hydrogen) atoms. The molecule has 7 heteroatoms. The van der Waals surface area contributed by atoms with Gasteiger partial charge in [0, 0.05) is 12.2 Å². The van der Waals surface area contributed by atoms with Gasteiger partial charge in [-0.1, -0.05) is 31.9 Å². The molecule has 1 aromatic heterocycles. The van der Waals surface area contributed by atoms with Crippen molar-refractivity contribution in [3.05, 3.63) is 52.2 Å². The Balaban J connectivity index is 1.83. The molecule has 0 saturated heterocycles. The molecule has 0 bridgehead atoms. The molecule has 2 amide bonds. The zero-order valence-electron chi connectivity index (χ0n) is 14.6. The van der Waals surface area contributed by atoms with Crippen molar-refractivity contribution in [2.24, 2.45) is 0 Å². The zero-order chi connectivity index (χ0) is 18.8. The quantitative estimate of drug-likeness (QED) is 0.520. The van der Waals surface area contributed by atoms with Crippen LogP contribution < -0.4 is 10.6 Å². The molecule has 0 fully saturated rings. The van der Waals surface area contributed by atoms with Crippen LogP contribution in [0.25, 0.3) is 0 Å². The lowest BCUT2D eigenvalue weighted by Crippen LogP contribution is -2.29. The molecule has 2 N–H and O–H groups in total. The van der Waals surface area contributed by atoms with Crippen molar-refractivity contribution in [1.29, 1.82) is 0 Å². The lowest BCUT2D eigenvalue weighted by molar-refractivity contribution is -0.124. The third-order valence-electron chi connectivity index (χ3n) is 3.54. The van der Waals surface area contributed by atoms with Crippen LogP contribution in [-0.4, -0.2) is 30.9 Å². The highest BCUT2D eigenvalue weighted by atomic mass is 32.1. The van der Waals surface area contributed by atoms with Gasteiger partial charge in [0.2, 0.25) is 0 Å². The van der Waals surface area contributed by atoms with E-state index in [9.17, 15) is 14.4 Å². The van der Waals surface area contributed by atoms with Crippen molar-refractivity contribution >= 4 is 34.8 Å². The van der Waals surface area contributed by atoms with Gasteiger partial charge in [0.15, 0.2) is 6.61 Å². The molecule has 6 nitrogen and oxygen atoms in total. The highest BCUT2D eigenvalue weighted by Gasteiger charge is 2.12. The van der Waals surface area contributed by atoms with Gasteiger partial charge in [0.1, 0.15) is 0 Å². The summed E-state index contributed by atoms with van der Waals surface area (Å²) >= 11 is 1.33. The number of rotatable bonds is 9. The first kappa shape index (κ1) is 19.7. The molecule has 2 rings (SSSR count). The lowest BCUT2D eigenvalue weighted by atomic mass is 10.2. The van der Waals surface area contributed by atoms with Gasteiger partial charge in [0.05, 0.1) is 10.4 Å². The molecule has 1 heterocycles. The van der Waals surface area contributed by atoms with Crippen LogP contribution in [0.1, 0.15) is 46.2 Å². The van der Waals surface area contributed by atoms with Crippen molar-refractivity contribution in [2.75, 3.05) is 18.5 Å². The number of carbonyl (C=O) groups excluding carboxylic acids is 3. The first-order valence-corrected chi connectivity index (χ1v) is 9.37. The molecular weight excluding hydrogens is 352 g/mol. The first-order valence-electron chi connectivity index (χ1n) is 8.49. The van der Waals surface area contributed by atoms with E-state index >= 15 is 0 Å². The maximum Gasteiger partial charge on any atom is 0.338 e. The Morgan fingerprint density at radius 2 is 1.96 bits per heavy atom. The van der Waals surface area contributed by atoms with Crippen molar-refractivity contribution in [2.45, 2.75) is 26.2 Å². The molecule has 138 valence electrons. The number of unbranched alkanes of at least 4 members (excludes halogenated alkanes) is 2. The SMILES string of the molecule is CCCCCNC(=O)COC(=O)c1cccc(NC(=O)c2cccs2)c1. The van der Waals surface area contributed by atoms with Gasteiger partial charge in [-0.3, -0.25) is 9.59 Å². The van der Waals surface area contributed by atoms with Crippen molar-refractivity contribution in [3.63, 3.8) is 0 Å². The highest BCUT2D eigenvalue weighted by Crippen LogP contribution is 2.15. The highest BCUT2D eigenvalue weighted by molar-refractivity contribution is 7.12. The summed E-state index contributed by atoms with van der Waals surface area (Å²) in [4.78, 5) is 36.4. The third-order valence-corrected chi connectivity index (χ3v) is 4.41. The maximum atomic E-state index is 12.1. The monoisotopic (exact) mass is 374 g/mol.